The molecule has 7 heteroatoms. The molecule has 0 bridgehead atoms. The van der Waals surface area contributed by atoms with Crippen molar-refractivity contribution in [3.63, 3.8) is 0 Å². The van der Waals surface area contributed by atoms with Gasteiger partial charge in [-0.3, -0.25) is 9.69 Å². The van der Waals surface area contributed by atoms with Crippen LogP contribution in [0.5, 0.6) is 0 Å². The summed E-state index contributed by atoms with van der Waals surface area (Å²) < 4.78 is 5.38. The van der Waals surface area contributed by atoms with Crippen LogP contribution in [0.25, 0.3) is 11.4 Å². The molecule has 1 unspecified atom stereocenters. The SMILES string of the molecule is CC(C)NC(=O)C1CCCN(Cc2nc(-c3ccccc3Cl)no2)C1. The number of aromatic nitrogens is 2. The minimum Gasteiger partial charge on any atom is -0.354 e. The first-order chi connectivity index (χ1) is 12.0. The van der Waals surface area contributed by atoms with Crippen LogP contribution in [0, 0.1) is 5.92 Å². The molecule has 1 aliphatic heterocycles. The standard InChI is InChI=1S/C18H23ClN4O2/c1-12(2)20-18(24)13-6-5-9-23(10-13)11-16-21-17(22-25-16)14-7-3-4-8-15(14)19/h3-4,7-8,12-13H,5-6,9-11H2,1-2H3,(H,20,24). The van der Waals surface area contributed by atoms with E-state index in [-0.39, 0.29) is 17.9 Å². The van der Waals surface area contributed by atoms with Crippen LogP contribution < -0.4 is 5.32 Å². The number of hydrogen-bond acceptors (Lipinski definition) is 5. The molecule has 1 aromatic carbocycles. The van der Waals surface area contributed by atoms with E-state index >= 15 is 0 Å². The molecule has 2 aromatic rings. The molecule has 1 saturated heterocycles. The van der Waals surface area contributed by atoms with Crippen LogP contribution in [0.1, 0.15) is 32.6 Å². The predicted molar refractivity (Wildman–Crippen MR) is 96.0 cm³/mol. The Morgan fingerprint density at radius 3 is 3.00 bits per heavy atom. The molecule has 0 aliphatic carbocycles. The van der Waals surface area contributed by atoms with E-state index in [1.165, 1.54) is 0 Å². The van der Waals surface area contributed by atoms with E-state index in [1.54, 1.807) is 6.07 Å². The smallest absolute Gasteiger partial charge is 0.241 e. The van der Waals surface area contributed by atoms with Gasteiger partial charge < -0.3 is 9.84 Å². The van der Waals surface area contributed by atoms with Crippen LogP contribution in [0.15, 0.2) is 28.8 Å². The van der Waals surface area contributed by atoms with E-state index in [0.717, 1.165) is 24.9 Å². The van der Waals surface area contributed by atoms with E-state index in [9.17, 15) is 4.79 Å². The molecule has 134 valence electrons. The average Bonchev–Trinajstić information content (AvgIpc) is 3.03. The summed E-state index contributed by atoms with van der Waals surface area (Å²) >= 11 is 6.18. The lowest BCUT2D eigenvalue weighted by Gasteiger charge is -2.31. The van der Waals surface area contributed by atoms with E-state index in [2.05, 4.69) is 20.4 Å². The monoisotopic (exact) mass is 362 g/mol. The molecule has 1 fully saturated rings. The van der Waals surface area contributed by atoms with E-state index in [1.807, 2.05) is 32.0 Å². The number of carbonyl (C=O) groups excluding carboxylic acids is 1. The Bertz CT molecular complexity index is 731. The van der Waals surface area contributed by atoms with Crippen molar-refractivity contribution in [2.75, 3.05) is 13.1 Å². The highest BCUT2D eigenvalue weighted by molar-refractivity contribution is 6.33. The van der Waals surface area contributed by atoms with Crippen LogP contribution in [-0.2, 0) is 11.3 Å². The third kappa shape index (κ3) is 4.58. The third-order valence-electron chi connectivity index (χ3n) is 4.25. The van der Waals surface area contributed by atoms with E-state index in [0.29, 0.717) is 29.8 Å². The molecule has 6 nitrogen and oxygen atoms in total. The summed E-state index contributed by atoms with van der Waals surface area (Å²) in [5, 5.41) is 7.62. The fourth-order valence-electron chi connectivity index (χ4n) is 3.08. The van der Waals surface area contributed by atoms with E-state index in [4.69, 9.17) is 16.1 Å². The highest BCUT2D eigenvalue weighted by atomic mass is 35.5. The lowest BCUT2D eigenvalue weighted by molar-refractivity contribution is -0.127. The van der Waals surface area contributed by atoms with Crippen LogP contribution in [0.3, 0.4) is 0 Å². The van der Waals surface area contributed by atoms with Gasteiger partial charge in [0.25, 0.3) is 0 Å². The molecular formula is C18H23ClN4O2. The Balaban J connectivity index is 1.63. The summed E-state index contributed by atoms with van der Waals surface area (Å²) in [6.07, 6.45) is 1.91. The second-order valence-corrected chi connectivity index (χ2v) is 7.14. The first kappa shape index (κ1) is 17.9. The number of rotatable bonds is 5. The van der Waals surface area contributed by atoms with Gasteiger partial charge in [0.05, 0.1) is 17.5 Å². The van der Waals surface area contributed by atoms with Crippen molar-refractivity contribution in [3.8, 4) is 11.4 Å². The highest BCUT2D eigenvalue weighted by Gasteiger charge is 2.27. The Hall–Kier alpha value is -1.92. The van der Waals surface area contributed by atoms with Crippen molar-refractivity contribution in [1.29, 1.82) is 0 Å². The van der Waals surface area contributed by atoms with Crippen molar-refractivity contribution in [2.45, 2.75) is 39.3 Å². The number of carbonyl (C=O) groups is 1. The fraction of sp³-hybridized carbons (Fsp3) is 0.500. The van der Waals surface area contributed by atoms with Crippen molar-refractivity contribution >= 4 is 17.5 Å². The number of amides is 1. The molecule has 1 aromatic heterocycles. The minimum atomic E-state index is 0.0158. The Morgan fingerprint density at radius 2 is 2.24 bits per heavy atom. The highest BCUT2D eigenvalue weighted by Crippen LogP contribution is 2.25. The van der Waals surface area contributed by atoms with Crippen LogP contribution in [0.2, 0.25) is 5.02 Å². The summed E-state index contributed by atoms with van der Waals surface area (Å²) in [6.45, 7) is 6.14. The molecule has 25 heavy (non-hydrogen) atoms. The Morgan fingerprint density at radius 1 is 1.44 bits per heavy atom. The molecule has 1 atom stereocenters. The van der Waals surface area contributed by atoms with Crippen LogP contribution in [0.4, 0.5) is 0 Å². The quantitative estimate of drug-likeness (QED) is 0.884. The number of piperidine rings is 1. The summed E-state index contributed by atoms with van der Waals surface area (Å²) in [4.78, 5) is 18.9. The summed E-state index contributed by atoms with van der Waals surface area (Å²) in [7, 11) is 0. The maximum Gasteiger partial charge on any atom is 0.241 e. The van der Waals surface area contributed by atoms with Gasteiger partial charge in [0.2, 0.25) is 17.6 Å². The average molecular weight is 363 g/mol. The van der Waals surface area contributed by atoms with Gasteiger partial charge >= 0.3 is 0 Å². The van der Waals surface area contributed by atoms with Gasteiger partial charge in [0.1, 0.15) is 0 Å². The molecule has 1 amide bonds. The topological polar surface area (TPSA) is 71.3 Å². The second kappa shape index (κ2) is 7.97. The number of nitrogens with zero attached hydrogens (tertiary/aromatic N) is 3. The maximum atomic E-state index is 12.2. The minimum absolute atomic E-state index is 0.0158. The number of benzene rings is 1. The van der Waals surface area contributed by atoms with Crippen molar-refractivity contribution in [1.82, 2.24) is 20.4 Å². The molecular weight excluding hydrogens is 340 g/mol. The van der Waals surface area contributed by atoms with Crippen LogP contribution in [-0.4, -0.2) is 40.1 Å². The lowest BCUT2D eigenvalue weighted by atomic mass is 9.97. The number of hydrogen-bond donors (Lipinski definition) is 1. The molecule has 0 saturated carbocycles. The Kier molecular flexibility index (Phi) is 5.71. The summed E-state index contributed by atoms with van der Waals surface area (Å²) in [5.74, 6) is 1.18. The number of nitrogens with one attached hydrogen (secondary N) is 1. The van der Waals surface area contributed by atoms with Crippen LogP contribution >= 0.6 is 11.6 Å². The largest absolute Gasteiger partial charge is 0.354 e. The molecule has 0 spiro atoms. The number of halogens is 1. The molecule has 3 rings (SSSR count). The molecule has 2 heterocycles. The lowest BCUT2D eigenvalue weighted by Crippen LogP contribution is -2.44. The van der Waals surface area contributed by atoms with Gasteiger partial charge in [-0.05, 0) is 45.4 Å². The van der Waals surface area contributed by atoms with E-state index < -0.39 is 0 Å². The fourth-order valence-corrected chi connectivity index (χ4v) is 3.30. The number of likely N-dealkylation sites (tertiary alicyclic amines) is 1. The second-order valence-electron chi connectivity index (χ2n) is 6.73. The third-order valence-corrected chi connectivity index (χ3v) is 4.58. The van der Waals surface area contributed by atoms with Gasteiger partial charge in [-0.2, -0.15) is 4.98 Å². The zero-order valence-electron chi connectivity index (χ0n) is 14.5. The first-order valence-corrected chi connectivity index (χ1v) is 9.01. The summed E-state index contributed by atoms with van der Waals surface area (Å²) in [6, 6.07) is 7.58. The van der Waals surface area contributed by atoms with Gasteiger partial charge in [-0.25, -0.2) is 0 Å². The van der Waals surface area contributed by atoms with Crippen molar-refractivity contribution in [3.05, 3.63) is 35.2 Å². The van der Waals surface area contributed by atoms with Crippen molar-refractivity contribution in [2.24, 2.45) is 5.92 Å². The van der Waals surface area contributed by atoms with Gasteiger partial charge in [0, 0.05) is 18.2 Å². The predicted octanol–water partition coefficient (Wildman–Crippen LogP) is 3.13. The zero-order chi connectivity index (χ0) is 17.8. The maximum absolute atomic E-state index is 12.2. The summed E-state index contributed by atoms with van der Waals surface area (Å²) in [5.41, 5.74) is 0.756. The molecule has 1 N–H and O–H groups in total. The van der Waals surface area contributed by atoms with Gasteiger partial charge in [-0.15, -0.1) is 0 Å². The normalized spacial score (nSPS) is 18.5. The van der Waals surface area contributed by atoms with Gasteiger partial charge in [0.15, 0.2) is 0 Å². The van der Waals surface area contributed by atoms with Gasteiger partial charge in [-0.1, -0.05) is 28.9 Å². The first-order valence-electron chi connectivity index (χ1n) is 8.63. The Labute approximate surface area is 152 Å². The molecule has 0 radical (unpaired) electrons. The van der Waals surface area contributed by atoms with Crippen molar-refractivity contribution < 1.29 is 9.32 Å². The molecule has 1 aliphatic rings. The zero-order valence-corrected chi connectivity index (χ0v) is 15.3.